The summed E-state index contributed by atoms with van der Waals surface area (Å²) >= 11 is 4.48. The number of methoxy groups -OCH3 is 1. The van der Waals surface area contributed by atoms with Crippen LogP contribution in [-0.4, -0.2) is 40.1 Å². The molecular formula is C15H14BrNO5S2. The van der Waals surface area contributed by atoms with E-state index in [1.165, 1.54) is 30.6 Å². The molecule has 0 atom stereocenters. The first-order valence-electron chi connectivity index (χ1n) is 6.67. The van der Waals surface area contributed by atoms with Crippen LogP contribution >= 0.6 is 27.3 Å². The van der Waals surface area contributed by atoms with Crippen LogP contribution in [0.1, 0.15) is 20.0 Å². The van der Waals surface area contributed by atoms with Crippen molar-refractivity contribution in [2.45, 2.75) is 0 Å². The average Bonchev–Trinajstić information content (AvgIpc) is 2.97. The number of Topliss-reactive ketones (excluding diaryl/α,β-unsaturated/α-hetero) is 1. The molecule has 0 unspecified atom stereocenters. The van der Waals surface area contributed by atoms with Gasteiger partial charge >= 0.3 is 5.97 Å². The first-order chi connectivity index (χ1) is 11.2. The van der Waals surface area contributed by atoms with Crippen molar-refractivity contribution in [3.8, 4) is 0 Å². The second-order valence-corrected chi connectivity index (χ2v) is 9.18. The van der Waals surface area contributed by atoms with E-state index >= 15 is 0 Å². The Labute approximate surface area is 152 Å². The highest BCUT2D eigenvalue weighted by Crippen LogP contribution is 2.26. The highest BCUT2D eigenvalue weighted by atomic mass is 79.9. The lowest BCUT2D eigenvalue weighted by Crippen LogP contribution is -2.36. The van der Waals surface area contributed by atoms with E-state index in [0.717, 1.165) is 14.3 Å². The van der Waals surface area contributed by atoms with E-state index in [9.17, 15) is 18.0 Å². The third-order valence-corrected chi connectivity index (χ3v) is 5.90. The zero-order valence-electron chi connectivity index (χ0n) is 12.9. The first kappa shape index (κ1) is 18.6. The molecule has 0 aliphatic rings. The van der Waals surface area contributed by atoms with Gasteiger partial charge in [-0.05, 0) is 40.2 Å². The lowest BCUT2D eigenvalue weighted by molar-refractivity contribution is 0.0601. The van der Waals surface area contributed by atoms with Crippen LogP contribution in [0.5, 0.6) is 0 Å². The summed E-state index contributed by atoms with van der Waals surface area (Å²) in [5, 5.41) is 0. The Balaban J connectivity index is 2.44. The molecule has 2 rings (SSSR count). The quantitative estimate of drug-likeness (QED) is 0.518. The number of ketones is 1. The van der Waals surface area contributed by atoms with Crippen molar-refractivity contribution in [1.29, 1.82) is 0 Å². The number of hydrogen-bond acceptors (Lipinski definition) is 6. The van der Waals surface area contributed by atoms with Crippen molar-refractivity contribution in [3.63, 3.8) is 0 Å². The molecule has 0 amide bonds. The monoisotopic (exact) mass is 431 g/mol. The number of anilines is 1. The number of carbonyl (C=O) groups excluding carboxylic acids is 2. The van der Waals surface area contributed by atoms with Gasteiger partial charge in [0.1, 0.15) is 0 Å². The molecule has 0 N–H and O–H groups in total. The van der Waals surface area contributed by atoms with Crippen molar-refractivity contribution in [2.75, 3.05) is 24.2 Å². The number of halogens is 1. The third kappa shape index (κ3) is 4.22. The van der Waals surface area contributed by atoms with Gasteiger partial charge in [-0.2, -0.15) is 0 Å². The van der Waals surface area contributed by atoms with E-state index in [0.29, 0.717) is 4.88 Å². The summed E-state index contributed by atoms with van der Waals surface area (Å²) in [4.78, 5) is 24.7. The van der Waals surface area contributed by atoms with E-state index in [1.807, 2.05) is 0 Å². The SMILES string of the molecule is COC(=O)c1ccccc1N(CC(=O)c1ccc(Br)s1)S(C)(=O)=O. The molecule has 0 aliphatic heterocycles. The summed E-state index contributed by atoms with van der Waals surface area (Å²) in [6.07, 6.45) is 0.985. The molecule has 2 aromatic rings. The molecule has 0 saturated carbocycles. The van der Waals surface area contributed by atoms with E-state index in [-0.39, 0.29) is 17.0 Å². The fraction of sp³-hybridized carbons (Fsp3) is 0.200. The van der Waals surface area contributed by atoms with E-state index in [1.54, 1.807) is 24.3 Å². The number of thiophene rings is 1. The number of carbonyl (C=O) groups is 2. The maximum atomic E-state index is 12.4. The molecule has 6 nitrogen and oxygen atoms in total. The van der Waals surface area contributed by atoms with Gasteiger partial charge in [0, 0.05) is 0 Å². The molecule has 24 heavy (non-hydrogen) atoms. The van der Waals surface area contributed by atoms with Crippen LogP contribution in [0.3, 0.4) is 0 Å². The lowest BCUT2D eigenvalue weighted by Gasteiger charge is -2.23. The largest absolute Gasteiger partial charge is 0.465 e. The molecule has 128 valence electrons. The highest BCUT2D eigenvalue weighted by Gasteiger charge is 2.26. The zero-order chi connectivity index (χ0) is 17.9. The Hall–Kier alpha value is -1.71. The minimum Gasteiger partial charge on any atom is -0.465 e. The predicted molar refractivity (Wildman–Crippen MR) is 96.3 cm³/mol. The number of hydrogen-bond donors (Lipinski definition) is 0. The maximum absolute atomic E-state index is 12.4. The van der Waals surface area contributed by atoms with E-state index < -0.39 is 22.5 Å². The fourth-order valence-corrected chi connectivity index (χ4v) is 4.21. The van der Waals surface area contributed by atoms with Crippen LogP contribution in [0, 0.1) is 0 Å². The highest BCUT2D eigenvalue weighted by molar-refractivity contribution is 9.11. The number of para-hydroxylation sites is 1. The lowest BCUT2D eigenvalue weighted by atomic mass is 10.1. The summed E-state index contributed by atoms with van der Waals surface area (Å²) in [5.74, 6) is -1.04. The Morgan fingerprint density at radius 2 is 1.88 bits per heavy atom. The normalized spacial score (nSPS) is 11.1. The molecule has 1 heterocycles. The second-order valence-electron chi connectivity index (χ2n) is 4.81. The minimum absolute atomic E-state index is 0.0746. The van der Waals surface area contributed by atoms with Gasteiger partial charge in [-0.3, -0.25) is 9.10 Å². The minimum atomic E-state index is -3.78. The van der Waals surface area contributed by atoms with Crippen LogP contribution in [0.15, 0.2) is 40.2 Å². The smallest absolute Gasteiger partial charge is 0.340 e. The molecule has 9 heteroatoms. The van der Waals surface area contributed by atoms with Gasteiger partial charge in [-0.25, -0.2) is 13.2 Å². The Kier molecular flexibility index (Phi) is 5.79. The maximum Gasteiger partial charge on any atom is 0.340 e. The van der Waals surface area contributed by atoms with Crippen molar-refractivity contribution >= 4 is 54.7 Å². The van der Waals surface area contributed by atoms with Crippen LogP contribution in [-0.2, 0) is 14.8 Å². The van der Waals surface area contributed by atoms with E-state index in [2.05, 4.69) is 20.7 Å². The topological polar surface area (TPSA) is 80.8 Å². The summed E-state index contributed by atoms with van der Waals surface area (Å²) in [6, 6.07) is 9.42. The summed E-state index contributed by atoms with van der Waals surface area (Å²) in [6.45, 7) is -0.403. The number of rotatable bonds is 6. The standard InChI is InChI=1S/C15H14BrNO5S2/c1-22-15(19)10-5-3-4-6-11(10)17(24(2,20)21)9-12(18)13-7-8-14(16)23-13/h3-8H,9H2,1-2H3. The first-order valence-corrected chi connectivity index (χ1v) is 10.1. The summed E-state index contributed by atoms with van der Waals surface area (Å²) in [5.41, 5.74) is 0.182. The number of esters is 1. The van der Waals surface area contributed by atoms with Gasteiger partial charge in [0.25, 0.3) is 0 Å². The van der Waals surface area contributed by atoms with Crippen LogP contribution in [0.2, 0.25) is 0 Å². The summed E-state index contributed by atoms with van der Waals surface area (Å²) in [7, 11) is -2.57. The predicted octanol–water partition coefficient (Wildman–Crippen LogP) is 2.95. The van der Waals surface area contributed by atoms with Gasteiger partial charge in [0.2, 0.25) is 10.0 Å². The third-order valence-electron chi connectivity index (χ3n) is 3.11. The molecule has 0 spiro atoms. The Morgan fingerprint density at radius 3 is 2.42 bits per heavy atom. The van der Waals surface area contributed by atoms with E-state index in [4.69, 9.17) is 0 Å². The molecule has 0 radical (unpaired) electrons. The van der Waals surface area contributed by atoms with Crippen molar-refractivity contribution < 1.29 is 22.7 Å². The number of ether oxygens (including phenoxy) is 1. The van der Waals surface area contributed by atoms with Gasteiger partial charge in [0.15, 0.2) is 5.78 Å². The van der Waals surface area contributed by atoms with Crippen molar-refractivity contribution in [1.82, 2.24) is 0 Å². The van der Waals surface area contributed by atoms with Crippen molar-refractivity contribution in [2.24, 2.45) is 0 Å². The van der Waals surface area contributed by atoms with Gasteiger partial charge in [-0.15, -0.1) is 11.3 Å². The molecule has 1 aromatic carbocycles. The molecule has 1 aromatic heterocycles. The van der Waals surface area contributed by atoms with Gasteiger partial charge in [0.05, 0.1) is 39.8 Å². The second kappa shape index (κ2) is 7.45. The summed E-state index contributed by atoms with van der Waals surface area (Å²) < 4.78 is 30.7. The average molecular weight is 432 g/mol. The molecule has 0 bridgehead atoms. The van der Waals surface area contributed by atoms with Gasteiger partial charge in [-0.1, -0.05) is 12.1 Å². The Bertz CT molecular complexity index is 875. The molecular weight excluding hydrogens is 418 g/mol. The zero-order valence-corrected chi connectivity index (χ0v) is 16.1. The molecule has 0 saturated heterocycles. The van der Waals surface area contributed by atoms with Crippen LogP contribution < -0.4 is 4.31 Å². The number of sulfonamides is 1. The van der Waals surface area contributed by atoms with Crippen molar-refractivity contribution in [3.05, 3.63) is 50.6 Å². The number of benzene rings is 1. The van der Waals surface area contributed by atoms with Crippen LogP contribution in [0.4, 0.5) is 5.69 Å². The fourth-order valence-electron chi connectivity index (χ4n) is 2.03. The Morgan fingerprint density at radius 1 is 1.21 bits per heavy atom. The number of nitrogens with zero attached hydrogens (tertiary/aromatic N) is 1. The molecule has 0 fully saturated rings. The van der Waals surface area contributed by atoms with Gasteiger partial charge < -0.3 is 4.74 Å². The molecule has 0 aliphatic carbocycles. The van der Waals surface area contributed by atoms with Crippen LogP contribution in [0.25, 0.3) is 0 Å².